The van der Waals surface area contributed by atoms with Crippen LogP contribution in [0.4, 0.5) is 0 Å². The average molecular weight is 377 g/mol. The van der Waals surface area contributed by atoms with E-state index in [2.05, 4.69) is 11.9 Å². The van der Waals surface area contributed by atoms with Gasteiger partial charge in [-0.1, -0.05) is 12.7 Å². The minimum Gasteiger partial charge on any atom is -1.00 e. The summed E-state index contributed by atoms with van der Waals surface area (Å²) in [6.07, 6.45) is 5.84. The van der Waals surface area contributed by atoms with E-state index in [1.807, 2.05) is 12.1 Å². The Labute approximate surface area is 160 Å². The second-order valence-corrected chi connectivity index (χ2v) is 6.27. The number of quaternary nitrogens is 1. The molecule has 0 radical (unpaired) electrons. The van der Waals surface area contributed by atoms with E-state index in [1.165, 1.54) is 17.7 Å². The maximum atomic E-state index is 12.5. The molecule has 1 aromatic heterocycles. The molecule has 1 aliphatic rings. The van der Waals surface area contributed by atoms with Crippen molar-refractivity contribution in [2.75, 3.05) is 26.2 Å². The fraction of sp³-hybridized carbons (Fsp3) is 0.350. The summed E-state index contributed by atoms with van der Waals surface area (Å²) in [7, 11) is 0. The molecule has 0 saturated carbocycles. The zero-order valence-electron chi connectivity index (χ0n) is 14.7. The lowest BCUT2D eigenvalue weighted by atomic mass is 10.1. The summed E-state index contributed by atoms with van der Waals surface area (Å²) in [6, 6.07) is 11.2. The first-order valence-electron chi connectivity index (χ1n) is 8.78. The molecule has 1 amide bonds. The molecule has 1 saturated heterocycles. The molecule has 3 rings (SSSR count). The van der Waals surface area contributed by atoms with Gasteiger partial charge >= 0.3 is 0 Å². The number of carbonyl (C=O) groups is 1. The van der Waals surface area contributed by atoms with E-state index in [1.54, 1.807) is 36.6 Å². The molecular weight excluding hydrogens is 352 g/mol. The van der Waals surface area contributed by atoms with E-state index in [0.29, 0.717) is 18.7 Å². The van der Waals surface area contributed by atoms with Crippen LogP contribution in [-0.4, -0.2) is 32.1 Å². The van der Waals surface area contributed by atoms with E-state index in [0.717, 1.165) is 24.6 Å². The van der Waals surface area contributed by atoms with E-state index < -0.39 is 0 Å². The molecule has 2 heterocycles. The maximum absolute atomic E-state index is 12.5. The van der Waals surface area contributed by atoms with Crippen molar-refractivity contribution in [1.29, 1.82) is 0 Å². The molecule has 5 nitrogen and oxygen atoms in total. The summed E-state index contributed by atoms with van der Waals surface area (Å²) in [4.78, 5) is 13.9. The fourth-order valence-electron chi connectivity index (χ4n) is 3.27. The van der Waals surface area contributed by atoms with E-state index in [4.69, 9.17) is 9.15 Å². The standard InChI is InChI=1S/C20H24N2O3.ClH/c1-2-13-24-17-9-7-16(8-10-17)20(23)21-15-18(19-6-5-14-25-19)22-11-3-4-12-22;/h2,5-10,14,18H,1,3-4,11-13,15H2,(H,21,23);1H. The average Bonchev–Trinajstić information content (AvgIpc) is 3.35. The molecule has 1 atom stereocenters. The van der Waals surface area contributed by atoms with Crippen molar-refractivity contribution < 1.29 is 31.3 Å². The Morgan fingerprint density at radius 3 is 2.62 bits per heavy atom. The van der Waals surface area contributed by atoms with Gasteiger partial charge in [-0.15, -0.1) is 0 Å². The number of hydrogen-bond donors (Lipinski definition) is 2. The highest BCUT2D eigenvalue weighted by Crippen LogP contribution is 2.14. The largest absolute Gasteiger partial charge is 1.00 e. The SMILES string of the molecule is C=CCOc1ccc(C(=O)NCC(c2ccco2)[NH+]2CCCC2)cc1.[Cl-]. The molecular formula is C20H25ClN2O3. The van der Waals surface area contributed by atoms with Crippen LogP contribution >= 0.6 is 0 Å². The monoisotopic (exact) mass is 376 g/mol. The molecule has 0 bridgehead atoms. The Morgan fingerprint density at radius 2 is 2.00 bits per heavy atom. The minimum atomic E-state index is -0.0783. The van der Waals surface area contributed by atoms with Gasteiger partial charge in [0, 0.05) is 18.4 Å². The molecule has 1 fully saturated rings. The van der Waals surface area contributed by atoms with Gasteiger partial charge in [0.25, 0.3) is 5.91 Å². The fourth-order valence-corrected chi connectivity index (χ4v) is 3.27. The highest BCUT2D eigenvalue weighted by molar-refractivity contribution is 5.94. The number of ether oxygens (including phenoxy) is 1. The molecule has 1 aromatic carbocycles. The summed E-state index contributed by atoms with van der Waals surface area (Å²) < 4.78 is 11.0. The van der Waals surface area contributed by atoms with Crippen LogP contribution in [0.1, 0.15) is 35.0 Å². The molecule has 1 unspecified atom stereocenters. The van der Waals surface area contributed by atoms with Crippen molar-refractivity contribution in [2.24, 2.45) is 0 Å². The Bertz CT molecular complexity index is 680. The molecule has 1 aliphatic heterocycles. The third kappa shape index (κ3) is 5.13. The van der Waals surface area contributed by atoms with Crippen molar-refractivity contribution >= 4 is 5.91 Å². The van der Waals surface area contributed by atoms with Gasteiger partial charge in [0.2, 0.25) is 0 Å². The van der Waals surface area contributed by atoms with E-state index in [-0.39, 0.29) is 24.4 Å². The van der Waals surface area contributed by atoms with Gasteiger partial charge in [0.05, 0.1) is 25.9 Å². The Morgan fingerprint density at radius 1 is 1.27 bits per heavy atom. The summed E-state index contributed by atoms with van der Waals surface area (Å²) in [5.41, 5.74) is 0.626. The molecule has 2 N–H and O–H groups in total. The topological polar surface area (TPSA) is 55.9 Å². The molecule has 0 spiro atoms. The number of furan rings is 1. The van der Waals surface area contributed by atoms with Crippen molar-refractivity contribution in [2.45, 2.75) is 18.9 Å². The third-order valence-electron chi connectivity index (χ3n) is 4.58. The van der Waals surface area contributed by atoms with Gasteiger partial charge in [-0.2, -0.15) is 0 Å². The normalized spacial score (nSPS) is 15.1. The van der Waals surface area contributed by atoms with Crippen LogP contribution in [0, 0.1) is 0 Å². The lowest BCUT2D eigenvalue weighted by Gasteiger charge is -2.23. The smallest absolute Gasteiger partial charge is 0.251 e. The second kappa shape index (κ2) is 10.0. The predicted octanol–water partition coefficient (Wildman–Crippen LogP) is -1.00. The molecule has 6 heteroatoms. The first-order valence-corrected chi connectivity index (χ1v) is 8.78. The quantitative estimate of drug-likeness (QED) is 0.581. The number of amides is 1. The number of rotatable bonds is 8. The Kier molecular flexibility index (Phi) is 7.75. The lowest BCUT2D eigenvalue weighted by Crippen LogP contribution is -3.11. The first-order chi connectivity index (χ1) is 12.3. The highest BCUT2D eigenvalue weighted by atomic mass is 35.5. The summed E-state index contributed by atoms with van der Waals surface area (Å²) in [5.74, 6) is 1.59. The lowest BCUT2D eigenvalue weighted by molar-refractivity contribution is -0.919. The van der Waals surface area contributed by atoms with E-state index >= 15 is 0 Å². The van der Waals surface area contributed by atoms with Crippen LogP contribution in [0.3, 0.4) is 0 Å². The number of likely N-dealkylation sites (tertiary alicyclic amines) is 1. The highest BCUT2D eigenvalue weighted by Gasteiger charge is 2.29. The molecule has 140 valence electrons. The van der Waals surface area contributed by atoms with Crippen LogP contribution in [0.25, 0.3) is 0 Å². The first kappa shape index (κ1) is 20.1. The Hall–Kier alpha value is -2.24. The van der Waals surface area contributed by atoms with Gasteiger partial charge in [0.15, 0.2) is 11.8 Å². The second-order valence-electron chi connectivity index (χ2n) is 6.27. The number of hydrogen-bond acceptors (Lipinski definition) is 3. The van der Waals surface area contributed by atoms with Gasteiger partial charge in [-0.05, 0) is 36.4 Å². The van der Waals surface area contributed by atoms with Crippen molar-refractivity contribution in [3.05, 3.63) is 66.6 Å². The van der Waals surface area contributed by atoms with Crippen molar-refractivity contribution in [3.8, 4) is 5.75 Å². The predicted molar refractivity (Wildman–Crippen MR) is 95.8 cm³/mol. The summed E-state index contributed by atoms with van der Waals surface area (Å²) in [6.45, 7) is 6.88. The van der Waals surface area contributed by atoms with Crippen LogP contribution in [0.15, 0.2) is 59.7 Å². The number of benzene rings is 1. The molecule has 26 heavy (non-hydrogen) atoms. The summed E-state index contributed by atoms with van der Waals surface area (Å²) in [5, 5.41) is 3.05. The molecule has 0 aliphatic carbocycles. The van der Waals surface area contributed by atoms with Gasteiger partial charge in [0.1, 0.15) is 12.4 Å². The number of carbonyl (C=O) groups excluding carboxylic acids is 1. The number of nitrogens with one attached hydrogen (secondary N) is 2. The zero-order chi connectivity index (χ0) is 17.5. The number of halogens is 1. The van der Waals surface area contributed by atoms with Gasteiger partial charge < -0.3 is 31.8 Å². The minimum absolute atomic E-state index is 0. The molecule has 2 aromatic rings. The summed E-state index contributed by atoms with van der Waals surface area (Å²) >= 11 is 0. The van der Waals surface area contributed by atoms with Gasteiger partial charge in [-0.25, -0.2) is 0 Å². The van der Waals surface area contributed by atoms with Crippen LogP contribution < -0.4 is 27.4 Å². The van der Waals surface area contributed by atoms with Crippen molar-refractivity contribution in [3.63, 3.8) is 0 Å². The van der Waals surface area contributed by atoms with E-state index in [9.17, 15) is 4.79 Å². The Balaban J connectivity index is 0.00000243. The third-order valence-corrected chi connectivity index (χ3v) is 4.58. The van der Waals surface area contributed by atoms with Crippen molar-refractivity contribution in [1.82, 2.24) is 5.32 Å². The van der Waals surface area contributed by atoms with Crippen LogP contribution in [-0.2, 0) is 0 Å². The van der Waals surface area contributed by atoms with Crippen LogP contribution in [0.2, 0.25) is 0 Å². The van der Waals surface area contributed by atoms with Crippen LogP contribution in [0.5, 0.6) is 5.75 Å². The maximum Gasteiger partial charge on any atom is 0.251 e. The zero-order valence-corrected chi connectivity index (χ0v) is 15.5. The van der Waals surface area contributed by atoms with Gasteiger partial charge in [-0.3, -0.25) is 4.79 Å².